The van der Waals surface area contributed by atoms with Crippen molar-refractivity contribution in [1.29, 1.82) is 0 Å². The first-order chi connectivity index (χ1) is 51.7. The highest BCUT2D eigenvalue weighted by molar-refractivity contribution is 9.11. The maximum Gasteiger partial charge on any atom is 0.195 e. The van der Waals surface area contributed by atoms with Crippen molar-refractivity contribution in [1.82, 2.24) is 0 Å². The lowest BCUT2D eigenvalue weighted by Crippen LogP contribution is -2.27. The summed E-state index contributed by atoms with van der Waals surface area (Å²) in [6, 6.07) is 109. The van der Waals surface area contributed by atoms with Crippen molar-refractivity contribution in [2.24, 2.45) is 0 Å². The van der Waals surface area contributed by atoms with Gasteiger partial charge in [0.25, 0.3) is 0 Å². The Labute approximate surface area is 652 Å². The zero-order valence-electron chi connectivity index (χ0n) is 59.3. The zero-order valence-corrected chi connectivity index (χ0v) is 65.7. The summed E-state index contributed by atoms with van der Waals surface area (Å²) in [5.41, 5.74) is 13.9. The lowest BCUT2D eigenvalue weighted by Gasteiger charge is -2.26. The maximum absolute atomic E-state index is 14.1. The van der Waals surface area contributed by atoms with Gasteiger partial charge in [-0.1, -0.05) is 371 Å². The minimum atomic E-state index is 0.0751. The Kier molecular flexibility index (Phi) is 25.5. The molecule has 1 aliphatic rings. The smallest absolute Gasteiger partial charge is 0.195 e. The van der Waals surface area contributed by atoms with Gasteiger partial charge < -0.3 is 4.74 Å². The quantitative estimate of drug-likeness (QED) is 0.0486. The molecule has 16 rings (SSSR count). The molecule has 15 aromatic rings. The summed E-state index contributed by atoms with van der Waals surface area (Å²) >= 11 is 15.0. The fraction of sp³-hybridized carbons (Fsp3) is 0.141. The van der Waals surface area contributed by atoms with Crippen LogP contribution in [0.5, 0.6) is 11.5 Å². The predicted octanol–water partition coefficient (Wildman–Crippen LogP) is 28.6. The van der Waals surface area contributed by atoms with Crippen LogP contribution in [0.4, 0.5) is 0 Å². The molecule has 0 heterocycles. The van der Waals surface area contributed by atoms with Crippen molar-refractivity contribution in [2.75, 3.05) is 0 Å². The summed E-state index contributed by atoms with van der Waals surface area (Å²) in [6.45, 7) is 4.54. The third kappa shape index (κ3) is 17.5. The summed E-state index contributed by atoms with van der Waals surface area (Å²) < 4.78 is 9.76. The molecule has 15 aromatic carbocycles. The number of ether oxygens (including phenoxy) is 1. The summed E-state index contributed by atoms with van der Waals surface area (Å²) in [4.78, 5) is 14.1. The Hall–Kier alpha value is -9.71. The summed E-state index contributed by atoms with van der Waals surface area (Å²) in [5.74, 6) is 8.23. The van der Waals surface area contributed by atoms with Crippen LogP contribution in [0.2, 0.25) is 0 Å². The average molecular weight is 1620 g/mol. The molecule has 0 fully saturated rings. The van der Waals surface area contributed by atoms with Crippen LogP contribution in [-0.4, -0.2) is 5.78 Å². The van der Waals surface area contributed by atoms with E-state index in [-0.39, 0.29) is 5.78 Å². The lowest BCUT2D eigenvalue weighted by atomic mass is 9.77. The summed E-state index contributed by atoms with van der Waals surface area (Å²) in [7, 11) is 0. The van der Waals surface area contributed by atoms with Gasteiger partial charge in [0.05, 0.1) is 0 Å². The lowest BCUT2D eigenvalue weighted by molar-refractivity contribution is -0.108. The van der Waals surface area contributed by atoms with E-state index in [4.69, 9.17) is 4.74 Å². The predicted molar refractivity (Wildman–Crippen MR) is 462 cm³/mol. The van der Waals surface area contributed by atoms with E-state index in [1.54, 1.807) is 0 Å². The number of hydrogen-bond donors (Lipinski definition) is 0. The molecule has 0 saturated heterocycles. The molecule has 1 aliphatic carbocycles. The van der Waals surface area contributed by atoms with Gasteiger partial charge in [-0.25, -0.2) is 0 Å². The van der Waals surface area contributed by atoms with E-state index in [2.05, 4.69) is 265 Å². The molecular formula is C99H82Br4O2. The fourth-order valence-corrected chi connectivity index (χ4v) is 16.0. The third-order valence-corrected chi connectivity index (χ3v) is 21.3. The molecule has 2 nitrogen and oxygen atoms in total. The van der Waals surface area contributed by atoms with Gasteiger partial charge in [0.15, 0.2) is 5.78 Å². The average Bonchev–Trinajstić information content (AvgIpc) is 1.69. The molecule has 0 saturated carbocycles. The molecule has 0 aliphatic heterocycles. The van der Waals surface area contributed by atoms with E-state index in [0.29, 0.717) is 0 Å². The van der Waals surface area contributed by atoms with Crippen molar-refractivity contribution in [3.8, 4) is 56.7 Å². The van der Waals surface area contributed by atoms with E-state index in [1.807, 2.05) is 140 Å². The SMILES string of the molecule is CCCCCCCC#Cc1ccccc1.CCCCCCCc1c(-c2ccccc2)c(-c2ccccc2)c2c3cc(Br)ccc3c3ccc(Br)cc3c2c1-c1ccccc1.O=C1C(c2ccccc2)=c2c(c3cc(Br)ccc3c3ccc(Br)cc23)=C1c1ccccc1.c1ccc(Oc2ccccc2)cc1. The number of ketones is 1. The van der Waals surface area contributed by atoms with E-state index >= 15 is 0 Å². The molecule has 0 aromatic heterocycles. The summed E-state index contributed by atoms with van der Waals surface area (Å²) in [5, 5.41) is 14.3. The third-order valence-electron chi connectivity index (χ3n) is 19.4. The highest BCUT2D eigenvalue weighted by Crippen LogP contribution is 2.52. The molecule has 0 N–H and O–H groups in total. The number of Topliss-reactive ketones (excluding diaryl/α,β-unsaturated/α-hetero) is 1. The minimum Gasteiger partial charge on any atom is -0.457 e. The van der Waals surface area contributed by atoms with E-state index in [0.717, 1.165) is 102 Å². The first kappa shape index (κ1) is 73.6. The van der Waals surface area contributed by atoms with Gasteiger partial charge in [-0.15, -0.1) is 0 Å². The Morgan fingerprint density at radius 1 is 0.305 bits per heavy atom. The van der Waals surface area contributed by atoms with Crippen LogP contribution < -0.4 is 15.2 Å². The van der Waals surface area contributed by atoms with Gasteiger partial charge in [0.2, 0.25) is 0 Å². The highest BCUT2D eigenvalue weighted by atomic mass is 79.9. The van der Waals surface area contributed by atoms with Crippen LogP contribution in [0.25, 0.3) is 98.4 Å². The number of unbranched alkanes of at least 4 members (excludes halogenated alkanes) is 9. The van der Waals surface area contributed by atoms with Gasteiger partial charge in [-0.05, 0) is 208 Å². The van der Waals surface area contributed by atoms with Crippen LogP contribution in [-0.2, 0) is 11.2 Å². The van der Waals surface area contributed by atoms with Crippen LogP contribution >= 0.6 is 63.7 Å². The van der Waals surface area contributed by atoms with Crippen molar-refractivity contribution in [3.05, 3.63) is 366 Å². The zero-order chi connectivity index (χ0) is 72.3. The molecule has 0 radical (unpaired) electrons. The largest absolute Gasteiger partial charge is 0.457 e. The Balaban J connectivity index is 0.000000140. The van der Waals surface area contributed by atoms with Crippen molar-refractivity contribution in [2.45, 2.75) is 90.9 Å². The number of fused-ring (bicyclic) bond motifs is 12. The van der Waals surface area contributed by atoms with Crippen LogP contribution in [0.3, 0.4) is 0 Å². The van der Waals surface area contributed by atoms with Crippen molar-refractivity contribution < 1.29 is 9.53 Å². The number of hydrogen-bond acceptors (Lipinski definition) is 2. The molecule has 518 valence electrons. The number of carbonyl (C=O) groups is 1. The molecule has 0 spiro atoms. The van der Waals surface area contributed by atoms with Crippen molar-refractivity contribution >= 4 is 135 Å². The van der Waals surface area contributed by atoms with Gasteiger partial charge in [-0.2, -0.15) is 0 Å². The van der Waals surface area contributed by atoms with E-state index < -0.39 is 0 Å². The molecule has 0 bridgehead atoms. The normalized spacial score (nSPS) is 11.5. The van der Waals surface area contributed by atoms with Crippen LogP contribution in [0.15, 0.2) is 333 Å². The second kappa shape index (κ2) is 36.3. The first-order valence-electron chi connectivity index (χ1n) is 36.7. The standard InChI is InChI=1S/C43H36Br2.C29H16Br2O.C15H20.C12H10O/c1-2-3-4-5-15-22-36-39(29-16-9-6-10-17-29)41(31-20-13-8-14-21-31)43-38-28-33(45)24-26-35(38)34-25-23-32(44)27-37(34)42(43)40(36)30-18-11-7-12-19-30;30-19-11-13-21-22-14-12-20(31)16-24(22)28-26(18-9-5-2-6-10-18)29(32)25(27(28)23(21)15-19)17-7-3-1-4-8-17;1-2-3-4-5-6-7-9-12-15-13-10-8-11-14-15;1-3-7-11(8-4-1)13-12-9-5-2-6-10-12/h6-14,16-21,23-28H,2-5,15,22H2,1H3;1-16H;8,10-11,13-14H,2-7H2,1H3;1-10H. The number of carbonyl (C=O) groups excluding carboxylic acids is 1. The molecule has 6 heteroatoms. The first-order valence-corrected chi connectivity index (χ1v) is 39.9. The van der Waals surface area contributed by atoms with Crippen LogP contribution in [0, 0.1) is 11.8 Å². The number of benzene rings is 15. The Morgan fingerprint density at radius 3 is 1.04 bits per heavy atom. The minimum absolute atomic E-state index is 0.0751. The second-order valence-electron chi connectivity index (χ2n) is 26.5. The fourth-order valence-electron chi connectivity index (χ4n) is 14.6. The number of para-hydroxylation sites is 2. The van der Waals surface area contributed by atoms with E-state index in [1.165, 1.54) is 135 Å². The molecule has 105 heavy (non-hydrogen) atoms. The van der Waals surface area contributed by atoms with Gasteiger partial charge in [-0.3, -0.25) is 4.79 Å². The highest BCUT2D eigenvalue weighted by Gasteiger charge is 2.30. The topological polar surface area (TPSA) is 26.3 Å². The molecule has 0 unspecified atom stereocenters. The van der Waals surface area contributed by atoms with Gasteiger partial charge >= 0.3 is 0 Å². The molecule has 0 atom stereocenters. The van der Waals surface area contributed by atoms with Gasteiger partial charge in [0.1, 0.15) is 11.5 Å². The molecular weight excluding hydrogens is 1540 g/mol. The summed E-state index contributed by atoms with van der Waals surface area (Å²) in [6.07, 6.45) is 14.9. The van der Waals surface area contributed by atoms with Crippen LogP contribution in [0.1, 0.15) is 107 Å². The Bertz CT molecular complexity index is 5520. The van der Waals surface area contributed by atoms with Gasteiger partial charge in [0, 0.05) is 51.5 Å². The maximum atomic E-state index is 14.1. The monoisotopic (exact) mass is 1620 g/mol. The second-order valence-corrected chi connectivity index (χ2v) is 30.2. The Morgan fingerprint density at radius 2 is 0.629 bits per heavy atom. The van der Waals surface area contributed by atoms with E-state index in [9.17, 15) is 4.79 Å². The van der Waals surface area contributed by atoms with Crippen molar-refractivity contribution in [3.63, 3.8) is 0 Å². The molecule has 0 amide bonds. The number of rotatable bonds is 18. The number of halogens is 4.